The lowest BCUT2D eigenvalue weighted by Crippen LogP contribution is -2.16. The lowest BCUT2D eigenvalue weighted by atomic mass is 9.84. The highest BCUT2D eigenvalue weighted by atomic mass is 19.1. The molecule has 0 unspecified atom stereocenters. The molecule has 3 heteroatoms. The molecule has 0 spiro atoms. The van der Waals surface area contributed by atoms with Crippen molar-refractivity contribution in [3.8, 4) is 0 Å². The number of hydrogen-bond donors (Lipinski definition) is 1. The van der Waals surface area contributed by atoms with Crippen LogP contribution in [-0.2, 0) is 5.41 Å². The van der Waals surface area contributed by atoms with E-state index >= 15 is 0 Å². The van der Waals surface area contributed by atoms with Gasteiger partial charge >= 0.3 is 0 Å². The van der Waals surface area contributed by atoms with Crippen molar-refractivity contribution in [2.45, 2.75) is 33.1 Å². The molecular weight excluding hydrogens is 265 g/mol. The molecule has 1 N–H and O–H groups in total. The average molecular weight is 285 g/mol. The number of carbonyl (C=O) groups excluding carboxylic acids is 1. The fourth-order valence-corrected chi connectivity index (χ4v) is 2.35. The third-order valence-electron chi connectivity index (χ3n) is 3.42. The second-order valence-electron chi connectivity index (χ2n) is 6.21. The van der Waals surface area contributed by atoms with Crippen molar-refractivity contribution < 1.29 is 9.18 Å². The highest BCUT2D eigenvalue weighted by molar-refractivity contribution is 6.04. The summed E-state index contributed by atoms with van der Waals surface area (Å²) in [5.74, 6) is -0.949. The Labute approximate surface area is 125 Å². The normalized spacial score (nSPS) is 11.3. The molecule has 1 amide bonds. The molecular formula is C18H20FNO. The first kappa shape index (κ1) is 15.2. The maximum absolute atomic E-state index is 13.6. The highest BCUT2D eigenvalue weighted by Gasteiger charge is 2.17. The lowest BCUT2D eigenvalue weighted by molar-refractivity contribution is 0.102. The van der Waals surface area contributed by atoms with Gasteiger partial charge in [0, 0.05) is 5.69 Å². The molecule has 0 heterocycles. The van der Waals surface area contributed by atoms with Crippen LogP contribution in [0.15, 0.2) is 42.5 Å². The van der Waals surface area contributed by atoms with E-state index in [1.165, 1.54) is 17.7 Å². The van der Waals surface area contributed by atoms with Crippen LogP contribution < -0.4 is 5.32 Å². The van der Waals surface area contributed by atoms with Crippen molar-refractivity contribution in [2.24, 2.45) is 0 Å². The molecule has 0 aromatic heterocycles. The number of aryl methyl sites for hydroxylation is 1. The third kappa shape index (κ3) is 3.48. The Kier molecular flexibility index (Phi) is 4.12. The van der Waals surface area contributed by atoms with Crippen LogP contribution in [0.25, 0.3) is 0 Å². The molecule has 0 atom stereocenters. The lowest BCUT2D eigenvalue weighted by Gasteiger charge is -2.22. The summed E-state index contributed by atoms with van der Waals surface area (Å²) < 4.78 is 13.6. The molecule has 2 nitrogen and oxygen atoms in total. The first-order chi connectivity index (χ1) is 9.79. The van der Waals surface area contributed by atoms with Crippen LogP contribution in [0, 0.1) is 12.7 Å². The molecule has 0 fully saturated rings. The molecule has 2 aromatic rings. The SMILES string of the molecule is Cc1ccc(NC(=O)c2ccccc2F)cc1C(C)(C)C. The van der Waals surface area contributed by atoms with Crippen molar-refractivity contribution in [3.63, 3.8) is 0 Å². The van der Waals surface area contributed by atoms with Gasteiger partial charge in [-0.05, 0) is 47.7 Å². The number of halogens is 1. The molecule has 110 valence electrons. The van der Waals surface area contributed by atoms with Crippen LogP contribution in [0.5, 0.6) is 0 Å². The summed E-state index contributed by atoms with van der Waals surface area (Å²) in [6.45, 7) is 8.41. The van der Waals surface area contributed by atoms with Gasteiger partial charge in [-0.25, -0.2) is 4.39 Å². The zero-order valence-electron chi connectivity index (χ0n) is 12.8. The van der Waals surface area contributed by atoms with Crippen molar-refractivity contribution in [2.75, 3.05) is 5.32 Å². The van der Waals surface area contributed by atoms with Gasteiger partial charge in [0.15, 0.2) is 0 Å². The van der Waals surface area contributed by atoms with Crippen molar-refractivity contribution in [3.05, 3.63) is 65.0 Å². The van der Waals surface area contributed by atoms with Gasteiger partial charge < -0.3 is 5.32 Å². The van der Waals surface area contributed by atoms with E-state index < -0.39 is 11.7 Å². The van der Waals surface area contributed by atoms with Gasteiger partial charge in [0.2, 0.25) is 0 Å². The maximum Gasteiger partial charge on any atom is 0.258 e. The standard InChI is InChI=1S/C18H20FNO/c1-12-9-10-13(11-15(12)18(2,3)4)20-17(21)14-7-5-6-8-16(14)19/h5-11H,1-4H3,(H,20,21). The Bertz CT molecular complexity index is 671. The first-order valence-corrected chi connectivity index (χ1v) is 6.96. The Balaban J connectivity index is 2.29. The summed E-state index contributed by atoms with van der Waals surface area (Å²) in [4.78, 5) is 12.1. The molecule has 0 aliphatic carbocycles. The smallest absolute Gasteiger partial charge is 0.258 e. The number of benzene rings is 2. The van der Waals surface area contributed by atoms with Gasteiger partial charge in [0.05, 0.1) is 5.56 Å². The quantitative estimate of drug-likeness (QED) is 0.852. The van der Waals surface area contributed by atoms with Crippen LogP contribution in [0.1, 0.15) is 42.3 Å². The number of rotatable bonds is 2. The summed E-state index contributed by atoms with van der Waals surface area (Å²) in [6.07, 6.45) is 0. The van der Waals surface area contributed by atoms with Gasteiger partial charge in [0.25, 0.3) is 5.91 Å². The van der Waals surface area contributed by atoms with E-state index in [1.54, 1.807) is 12.1 Å². The second-order valence-corrected chi connectivity index (χ2v) is 6.21. The fraction of sp³-hybridized carbons (Fsp3) is 0.278. The minimum atomic E-state index is -0.516. The van der Waals surface area contributed by atoms with Crippen molar-refractivity contribution in [1.82, 2.24) is 0 Å². The van der Waals surface area contributed by atoms with E-state index in [0.717, 1.165) is 5.56 Å². The summed E-state index contributed by atoms with van der Waals surface area (Å²) in [5, 5.41) is 2.76. The number of nitrogens with one attached hydrogen (secondary N) is 1. The number of carbonyl (C=O) groups is 1. The molecule has 2 aromatic carbocycles. The molecule has 0 aliphatic rings. The van der Waals surface area contributed by atoms with Crippen molar-refractivity contribution in [1.29, 1.82) is 0 Å². The summed E-state index contributed by atoms with van der Waals surface area (Å²) in [5.41, 5.74) is 3.05. The minimum absolute atomic E-state index is 0.0111. The minimum Gasteiger partial charge on any atom is -0.322 e. The van der Waals surface area contributed by atoms with Crippen LogP contribution in [0.2, 0.25) is 0 Å². The maximum atomic E-state index is 13.6. The van der Waals surface area contributed by atoms with E-state index in [9.17, 15) is 9.18 Å². The average Bonchev–Trinajstić information content (AvgIpc) is 2.40. The third-order valence-corrected chi connectivity index (χ3v) is 3.42. The predicted molar refractivity (Wildman–Crippen MR) is 84.2 cm³/mol. The molecule has 0 saturated heterocycles. The first-order valence-electron chi connectivity index (χ1n) is 6.96. The largest absolute Gasteiger partial charge is 0.322 e. The predicted octanol–water partition coefficient (Wildman–Crippen LogP) is 4.68. The number of hydrogen-bond acceptors (Lipinski definition) is 1. The molecule has 0 radical (unpaired) electrons. The molecule has 0 bridgehead atoms. The van der Waals surface area contributed by atoms with Gasteiger partial charge in [-0.15, -0.1) is 0 Å². The van der Waals surface area contributed by atoms with Gasteiger partial charge in [-0.2, -0.15) is 0 Å². The summed E-state index contributed by atoms with van der Waals surface area (Å²) in [7, 11) is 0. The van der Waals surface area contributed by atoms with E-state index in [1.807, 2.05) is 25.1 Å². The topological polar surface area (TPSA) is 29.1 Å². The second kappa shape index (κ2) is 5.68. The molecule has 0 aliphatic heterocycles. The summed E-state index contributed by atoms with van der Waals surface area (Å²) >= 11 is 0. The van der Waals surface area contributed by atoms with Crippen LogP contribution >= 0.6 is 0 Å². The van der Waals surface area contributed by atoms with E-state index in [0.29, 0.717) is 5.69 Å². The monoisotopic (exact) mass is 285 g/mol. The van der Waals surface area contributed by atoms with Gasteiger partial charge in [-0.1, -0.05) is 39.0 Å². The van der Waals surface area contributed by atoms with E-state index in [4.69, 9.17) is 0 Å². The van der Waals surface area contributed by atoms with Crippen LogP contribution in [-0.4, -0.2) is 5.91 Å². The van der Waals surface area contributed by atoms with Crippen molar-refractivity contribution >= 4 is 11.6 Å². The fourth-order valence-electron chi connectivity index (χ4n) is 2.35. The molecule has 21 heavy (non-hydrogen) atoms. The Morgan fingerprint density at radius 2 is 1.76 bits per heavy atom. The summed E-state index contributed by atoms with van der Waals surface area (Å²) in [6, 6.07) is 11.7. The molecule has 0 saturated carbocycles. The number of amides is 1. The number of anilines is 1. The van der Waals surface area contributed by atoms with Crippen LogP contribution in [0.4, 0.5) is 10.1 Å². The van der Waals surface area contributed by atoms with Crippen LogP contribution in [0.3, 0.4) is 0 Å². The zero-order valence-corrected chi connectivity index (χ0v) is 12.8. The van der Waals surface area contributed by atoms with E-state index in [2.05, 4.69) is 26.1 Å². The Hall–Kier alpha value is -2.16. The highest BCUT2D eigenvalue weighted by Crippen LogP contribution is 2.28. The Morgan fingerprint density at radius 1 is 1.10 bits per heavy atom. The van der Waals surface area contributed by atoms with Gasteiger partial charge in [-0.3, -0.25) is 4.79 Å². The van der Waals surface area contributed by atoms with E-state index in [-0.39, 0.29) is 11.0 Å². The Morgan fingerprint density at radius 3 is 2.38 bits per heavy atom. The van der Waals surface area contributed by atoms with Gasteiger partial charge in [0.1, 0.15) is 5.82 Å². The molecule has 2 rings (SSSR count). The zero-order chi connectivity index (χ0) is 15.6.